The predicted octanol–water partition coefficient (Wildman–Crippen LogP) is 1.97. The molecule has 1 heterocycles. The van der Waals surface area contributed by atoms with E-state index in [0.29, 0.717) is 24.6 Å². The van der Waals surface area contributed by atoms with Crippen LogP contribution in [0.5, 0.6) is 0 Å². The van der Waals surface area contributed by atoms with Crippen LogP contribution in [0.15, 0.2) is 30.9 Å². The van der Waals surface area contributed by atoms with Gasteiger partial charge in [-0.15, -0.1) is 0 Å². The predicted molar refractivity (Wildman–Crippen MR) is 85.3 cm³/mol. The first kappa shape index (κ1) is 16.9. The molecule has 1 aromatic heterocycles. The molecule has 0 aliphatic heterocycles. The zero-order chi connectivity index (χ0) is 15.9. The summed E-state index contributed by atoms with van der Waals surface area (Å²) in [6, 6.07) is 5.88. The van der Waals surface area contributed by atoms with Gasteiger partial charge in [0.05, 0.1) is 18.4 Å². The average molecular weight is 325 g/mol. The van der Waals surface area contributed by atoms with Crippen molar-refractivity contribution in [1.82, 2.24) is 20.1 Å². The maximum Gasteiger partial charge on any atom is 0.138 e. The Morgan fingerprint density at radius 1 is 1.45 bits per heavy atom. The van der Waals surface area contributed by atoms with E-state index in [4.69, 9.17) is 16.3 Å². The Bertz CT molecular complexity index is 577. The first-order valence-electron chi connectivity index (χ1n) is 7.16. The minimum Gasteiger partial charge on any atom is -0.391 e. The van der Waals surface area contributed by atoms with Crippen LogP contribution in [0.1, 0.15) is 24.9 Å². The molecule has 0 saturated carbocycles. The second kappa shape index (κ2) is 8.24. The van der Waals surface area contributed by atoms with E-state index in [2.05, 4.69) is 15.4 Å². The molecule has 1 aromatic carbocycles. The molecule has 2 atom stereocenters. The first-order valence-corrected chi connectivity index (χ1v) is 7.54. The number of hydrogen-bond donors (Lipinski definition) is 2. The fraction of sp³-hybridized carbons (Fsp3) is 0.467. The standard InChI is InChI=1S/C15H21ClN4O2/c1-11(18-6-5-13(21)8-22-2)14-4-3-12(7-15(14)16)20-10-17-9-19-20/h3-4,7,9-11,13,18,21H,5-6,8H2,1-2H3. The molecular weight excluding hydrogens is 304 g/mol. The van der Waals surface area contributed by atoms with E-state index in [1.807, 2.05) is 25.1 Å². The molecule has 0 aliphatic rings. The van der Waals surface area contributed by atoms with Gasteiger partial charge < -0.3 is 15.2 Å². The second-order valence-electron chi connectivity index (χ2n) is 5.12. The Labute approximate surface area is 135 Å². The molecule has 0 saturated heterocycles. The molecule has 2 unspecified atom stereocenters. The molecule has 0 bridgehead atoms. The lowest BCUT2D eigenvalue weighted by atomic mass is 10.1. The van der Waals surface area contributed by atoms with E-state index in [-0.39, 0.29) is 6.04 Å². The summed E-state index contributed by atoms with van der Waals surface area (Å²) in [6.07, 6.45) is 3.30. The van der Waals surface area contributed by atoms with Gasteiger partial charge in [-0.05, 0) is 37.6 Å². The highest BCUT2D eigenvalue weighted by atomic mass is 35.5. The van der Waals surface area contributed by atoms with E-state index < -0.39 is 6.10 Å². The quantitative estimate of drug-likeness (QED) is 0.776. The maximum atomic E-state index is 9.62. The molecule has 2 N–H and O–H groups in total. The van der Waals surface area contributed by atoms with E-state index in [1.54, 1.807) is 18.1 Å². The number of benzene rings is 1. The topological polar surface area (TPSA) is 72.2 Å². The minimum atomic E-state index is -0.449. The van der Waals surface area contributed by atoms with Crippen molar-refractivity contribution in [3.05, 3.63) is 41.4 Å². The molecule has 22 heavy (non-hydrogen) atoms. The number of ether oxygens (including phenoxy) is 1. The smallest absolute Gasteiger partial charge is 0.138 e. The van der Waals surface area contributed by atoms with Crippen LogP contribution in [0, 0.1) is 0 Å². The Hall–Kier alpha value is -1.47. The Kier molecular flexibility index (Phi) is 6.33. The molecule has 120 valence electrons. The second-order valence-corrected chi connectivity index (χ2v) is 5.53. The zero-order valence-corrected chi connectivity index (χ0v) is 13.5. The lowest BCUT2D eigenvalue weighted by Crippen LogP contribution is -2.25. The van der Waals surface area contributed by atoms with Crippen LogP contribution in [0.25, 0.3) is 5.69 Å². The number of nitrogens with one attached hydrogen (secondary N) is 1. The third-order valence-electron chi connectivity index (χ3n) is 3.42. The molecule has 0 radical (unpaired) electrons. The van der Waals surface area contributed by atoms with E-state index in [0.717, 1.165) is 11.3 Å². The van der Waals surface area contributed by atoms with E-state index >= 15 is 0 Å². The Balaban J connectivity index is 1.94. The van der Waals surface area contributed by atoms with Gasteiger partial charge in [0.2, 0.25) is 0 Å². The number of aliphatic hydroxyl groups is 1. The van der Waals surface area contributed by atoms with Gasteiger partial charge in [0.25, 0.3) is 0 Å². The van der Waals surface area contributed by atoms with E-state index in [9.17, 15) is 5.11 Å². The number of aromatic nitrogens is 3. The van der Waals surface area contributed by atoms with Crippen LogP contribution in [0.3, 0.4) is 0 Å². The third kappa shape index (κ3) is 4.51. The highest BCUT2D eigenvalue weighted by Crippen LogP contribution is 2.25. The molecule has 0 amide bonds. The average Bonchev–Trinajstić information content (AvgIpc) is 3.01. The monoisotopic (exact) mass is 324 g/mol. The van der Waals surface area contributed by atoms with Gasteiger partial charge in [0, 0.05) is 18.2 Å². The van der Waals surface area contributed by atoms with Crippen LogP contribution >= 0.6 is 11.6 Å². The van der Waals surface area contributed by atoms with E-state index in [1.165, 1.54) is 6.33 Å². The van der Waals surface area contributed by atoms with Crippen molar-refractivity contribution in [2.24, 2.45) is 0 Å². The highest BCUT2D eigenvalue weighted by Gasteiger charge is 2.11. The zero-order valence-electron chi connectivity index (χ0n) is 12.7. The van der Waals surface area contributed by atoms with Crippen molar-refractivity contribution in [2.45, 2.75) is 25.5 Å². The molecule has 6 nitrogen and oxygen atoms in total. The van der Waals surface area contributed by atoms with Crippen molar-refractivity contribution in [3.8, 4) is 5.69 Å². The lowest BCUT2D eigenvalue weighted by Gasteiger charge is -2.17. The first-order chi connectivity index (χ1) is 10.6. The summed E-state index contributed by atoms with van der Waals surface area (Å²) in [5, 5.41) is 17.7. The van der Waals surface area contributed by atoms with Crippen molar-refractivity contribution in [3.63, 3.8) is 0 Å². The molecule has 0 fully saturated rings. The molecule has 2 rings (SSSR count). The van der Waals surface area contributed by atoms with Crippen LogP contribution in [0.2, 0.25) is 5.02 Å². The maximum absolute atomic E-state index is 9.62. The number of hydrogen-bond acceptors (Lipinski definition) is 5. The van der Waals surface area contributed by atoms with Crippen LogP contribution in [0.4, 0.5) is 0 Å². The molecule has 0 spiro atoms. The summed E-state index contributed by atoms with van der Waals surface area (Å²) in [5.74, 6) is 0. The molecular formula is C15H21ClN4O2. The van der Waals surface area contributed by atoms with Crippen molar-refractivity contribution in [1.29, 1.82) is 0 Å². The molecule has 2 aromatic rings. The number of methoxy groups -OCH3 is 1. The Morgan fingerprint density at radius 2 is 2.27 bits per heavy atom. The summed E-state index contributed by atoms with van der Waals surface area (Å²) in [5.41, 5.74) is 1.88. The summed E-state index contributed by atoms with van der Waals surface area (Å²) in [4.78, 5) is 3.92. The Morgan fingerprint density at radius 3 is 2.91 bits per heavy atom. The van der Waals surface area contributed by atoms with Gasteiger partial charge >= 0.3 is 0 Å². The highest BCUT2D eigenvalue weighted by molar-refractivity contribution is 6.31. The molecule has 0 aliphatic carbocycles. The summed E-state index contributed by atoms with van der Waals surface area (Å²) >= 11 is 6.36. The van der Waals surface area contributed by atoms with Crippen LogP contribution in [-0.2, 0) is 4.74 Å². The largest absolute Gasteiger partial charge is 0.391 e. The minimum absolute atomic E-state index is 0.0899. The van der Waals surface area contributed by atoms with Crippen LogP contribution in [-0.4, -0.2) is 46.2 Å². The fourth-order valence-corrected chi connectivity index (χ4v) is 2.54. The van der Waals surface area contributed by atoms with Crippen molar-refractivity contribution < 1.29 is 9.84 Å². The number of rotatable bonds is 8. The normalized spacial score (nSPS) is 14.0. The SMILES string of the molecule is COCC(O)CCNC(C)c1ccc(-n2cncn2)cc1Cl. The number of nitrogens with zero attached hydrogens (tertiary/aromatic N) is 3. The van der Waals surface area contributed by atoms with Crippen molar-refractivity contribution >= 4 is 11.6 Å². The van der Waals surface area contributed by atoms with Gasteiger partial charge in [-0.25, -0.2) is 9.67 Å². The van der Waals surface area contributed by atoms with Gasteiger partial charge in [0.1, 0.15) is 12.7 Å². The summed E-state index contributed by atoms with van der Waals surface area (Å²) in [7, 11) is 1.58. The van der Waals surface area contributed by atoms with Crippen molar-refractivity contribution in [2.75, 3.05) is 20.3 Å². The van der Waals surface area contributed by atoms with Gasteiger partial charge in [-0.3, -0.25) is 0 Å². The third-order valence-corrected chi connectivity index (χ3v) is 3.75. The number of aliphatic hydroxyl groups excluding tert-OH is 1. The summed E-state index contributed by atoms with van der Waals surface area (Å²) in [6.45, 7) is 3.08. The van der Waals surface area contributed by atoms with Gasteiger partial charge in [-0.2, -0.15) is 5.10 Å². The molecule has 7 heteroatoms. The van der Waals surface area contributed by atoms with Gasteiger partial charge in [0.15, 0.2) is 0 Å². The fourth-order valence-electron chi connectivity index (χ4n) is 2.20. The van der Waals surface area contributed by atoms with Crippen LogP contribution < -0.4 is 5.32 Å². The lowest BCUT2D eigenvalue weighted by molar-refractivity contribution is 0.0590. The summed E-state index contributed by atoms with van der Waals surface area (Å²) < 4.78 is 6.56. The van der Waals surface area contributed by atoms with Gasteiger partial charge in [-0.1, -0.05) is 17.7 Å². The number of halogens is 1.